The summed E-state index contributed by atoms with van der Waals surface area (Å²) in [5.74, 6) is 0.0718. The molecule has 74 valence electrons. The fraction of sp³-hybridized carbons (Fsp3) is 0.300. The third-order valence-electron chi connectivity index (χ3n) is 2.47. The maximum absolute atomic E-state index is 11.8. The molecule has 0 radical (unpaired) electrons. The van der Waals surface area contributed by atoms with Crippen LogP contribution in [0.1, 0.15) is 22.3 Å². The summed E-state index contributed by atoms with van der Waals surface area (Å²) >= 11 is 0. The molecule has 4 heteroatoms. The Kier molecular flexibility index (Phi) is 2.42. The molecule has 1 aromatic carbocycles. The zero-order chi connectivity index (χ0) is 10.1. The van der Waals surface area contributed by atoms with Crippen molar-refractivity contribution in [1.82, 2.24) is 4.67 Å². The second kappa shape index (κ2) is 3.58. The van der Waals surface area contributed by atoms with Crippen molar-refractivity contribution in [3.63, 3.8) is 0 Å². The van der Waals surface area contributed by atoms with Crippen LogP contribution in [0.15, 0.2) is 18.2 Å². The number of benzene rings is 1. The molecular formula is C10H13N2OP. The summed E-state index contributed by atoms with van der Waals surface area (Å²) < 4.78 is 1.68. The highest BCUT2D eigenvalue weighted by Crippen LogP contribution is 2.22. The molecule has 2 rings (SSSR count). The number of aryl methyl sites for hydroxylation is 1. The number of nitrogens with zero attached hydrogens (tertiary/aromatic N) is 1. The summed E-state index contributed by atoms with van der Waals surface area (Å²) in [5, 5.41) is 0. The minimum Gasteiger partial charge on any atom is -0.399 e. The number of amides is 1. The SMILES string of the molecule is Nc1ccc2c(c1)CCCN(P)C2=O. The topological polar surface area (TPSA) is 46.3 Å². The zero-order valence-corrected chi connectivity index (χ0v) is 9.02. The summed E-state index contributed by atoms with van der Waals surface area (Å²) in [7, 11) is 2.46. The monoisotopic (exact) mass is 208 g/mol. The number of carbonyl (C=O) groups excluding carboxylic acids is 1. The molecule has 0 fully saturated rings. The predicted octanol–water partition coefficient (Wildman–Crippen LogP) is 1.45. The van der Waals surface area contributed by atoms with E-state index in [4.69, 9.17) is 5.73 Å². The van der Waals surface area contributed by atoms with Gasteiger partial charge in [0, 0.05) is 17.8 Å². The van der Waals surface area contributed by atoms with Crippen LogP contribution in [0.2, 0.25) is 0 Å². The molecule has 0 spiro atoms. The van der Waals surface area contributed by atoms with Crippen LogP contribution in [-0.2, 0) is 6.42 Å². The number of hydrogen-bond donors (Lipinski definition) is 1. The van der Waals surface area contributed by atoms with E-state index < -0.39 is 0 Å². The number of nitrogen functional groups attached to an aromatic ring is 1. The van der Waals surface area contributed by atoms with E-state index in [0.29, 0.717) is 0 Å². The van der Waals surface area contributed by atoms with Crippen molar-refractivity contribution < 1.29 is 4.79 Å². The summed E-state index contributed by atoms with van der Waals surface area (Å²) in [4.78, 5) is 11.8. The van der Waals surface area contributed by atoms with Crippen LogP contribution in [0.25, 0.3) is 0 Å². The summed E-state index contributed by atoms with van der Waals surface area (Å²) in [5.41, 5.74) is 8.27. The number of anilines is 1. The Bertz CT molecular complexity index is 378. The van der Waals surface area contributed by atoms with Gasteiger partial charge in [-0.1, -0.05) is 0 Å². The second-order valence-corrected chi connectivity index (χ2v) is 4.14. The molecule has 1 unspecified atom stereocenters. The van der Waals surface area contributed by atoms with Gasteiger partial charge in [-0.2, -0.15) is 0 Å². The number of rotatable bonds is 0. The molecule has 1 atom stereocenters. The Hall–Kier alpha value is -1.08. The third-order valence-corrected chi connectivity index (χ3v) is 2.96. The fourth-order valence-electron chi connectivity index (χ4n) is 1.73. The number of nitrogens with two attached hydrogens (primary N) is 1. The lowest BCUT2D eigenvalue weighted by atomic mass is 10.0. The Balaban J connectivity index is 2.48. The van der Waals surface area contributed by atoms with E-state index in [0.717, 1.165) is 36.2 Å². The first-order chi connectivity index (χ1) is 6.68. The predicted molar refractivity (Wildman–Crippen MR) is 59.9 cm³/mol. The molecule has 0 aromatic heterocycles. The standard InChI is InChI=1S/C10H13N2OP/c11-8-3-4-9-7(6-8)2-1-5-12(14)10(9)13/h3-4,6H,1-2,5,11,14H2. The highest BCUT2D eigenvalue weighted by Gasteiger charge is 2.19. The van der Waals surface area contributed by atoms with Crippen LogP contribution in [0.5, 0.6) is 0 Å². The number of hydrogen-bond acceptors (Lipinski definition) is 2. The number of fused-ring (bicyclic) bond motifs is 1. The van der Waals surface area contributed by atoms with Crippen molar-refractivity contribution in [1.29, 1.82) is 0 Å². The van der Waals surface area contributed by atoms with E-state index in [1.165, 1.54) is 0 Å². The Morgan fingerprint density at radius 2 is 2.21 bits per heavy atom. The fourth-order valence-corrected chi connectivity index (χ4v) is 2.05. The van der Waals surface area contributed by atoms with E-state index in [9.17, 15) is 4.79 Å². The Morgan fingerprint density at radius 1 is 1.43 bits per heavy atom. The van der Waals surface area contributed by atoms with E-state index >= 15 is 0 Å². The van der Waals surface area contributed by atoms with Gasteiger partial charge in [0.25, 0.3) is 5.91 Å². The Labute approximate surface area is 85.5 Å². The molecule has 1 aromatic rings. The largest absolute Gasteiger partial charge is 0.399 e. The first kappa shape index (κ1) is 9.47. The minimum absolute atomic E-state index is 0.0718. The van der Waals surface area contributed by atoms with Crippen molar-refractivity contribution in [2.45, 2.75) is 12.8 Å². The van der Waals surface area contributed by atoms with Crippen molar-refractivity contribution >= 4 is 21.0 Å². The molecule has 1 heterocycles. The highest BCUT2D eigenvalue weighted by atomic mass is 31.0. The van der Waals surface area contributed by atoms with Gasteiger partial charge in [0.15, 0.2) is 0 Å². The first-order valence-corrected chi connectivity index (χ1v) is 5.15. The van der Waals surface area contributed by atoms with Gasteiger partial charge < -0.3 is 10.4 Å². The van der Waals surface area contributed by atoms with Crippen molar-refractivity contribution in [2.75, 3.05) is 12.3 Å². The summed E-state index contributed by atoms with van der Waals surface area (Å²) in [6, 6.07) is 5.49. The van der Waals surface area contributed by atoms with Gasteiger partial charge in [-0.05, 0) is 46.0 Å². The van der Waals surface area contributed by atoms with Crippen LogP contribution < -0.4 is 5.73 Å². The van der Waals surface area contributed by atoms with Crippen molar-refractivity contribution in [2.24, 2.45) is 0 Å². The van der Waals surface area contributed by atoms with Crippen LogP contribution in [0, 0.1) is 0 Å². The normalized spacial score (nSPS) is 16.4. The van der Waals surface area contributed by atoms with Gasteiger partial charge in [-0.15, -0.1) is 0 Å². The van der Waals surface area contributed by atoms with E-state index in [-0.39, 0.29) is 5.91 Å². The molecule has 2 N–H and O–H groups in total. The van der Waals surface area contributed by atoms with E-state index in [1.807, 2.05) is 12.1 Å². The Morgan fingerprint density at radius 3 is 3.00 bits per heavy atom. The molecule has 14 heavy (non-hydrogen) atoms. The van der Waals surface area contributed by atoms with Crippen molar-refractivity contribution in [3.05, 3.63) is 29.3 Å². The lowest BCUT2D eigenvalue weighted by Gasteiger charge is -2.13. The highest BCUT2D eigenvalue weighted by molar-refractivity contribution is 7.14. The molecule has 1 aliphatic heterocycles. The second-order valence-electron chi connectivity index (χ2n) is 3.52. The van der Waals surface area contributed by atoms with E-state index in [1.54, 1.807) is 10.7 Å². The molecule has 0 saturated heterocycles. The third kappa shape index (κ3) is 1.60. The average Bonchev–Trinajstić information content (AvgIpc) is 2.28. The van der Waals surface area contributed by atoms with Gasteiger partial charge in [-0.3, -0.25) is 4.79 Å². The number of carbonyl (C=O) groups is 1. The van der Waals surface area contributed by atoms with Crippen LogP contribution in [-0.4, -0.2) is 17.1 Å². The van der Waals surface area contributed by atoms with Gasteiger partial charge >= 0.3 is 0 Å². The summed E-state index contributed by atoms with van der Waals surface area (Å²) in [6.07, 6.45) is 1.92. The molecule has 0 saturated carbocycles. The minimum atomic E-state index is 0.0718. The van der Waals surface area contributed by atoms with Crippen LogP contribution in [0.4, 0.5) is 5.69 Å². The van der Waals surface area contributed by atoms with Crippen LogP contribution >= 0.6 is 9.39 Å². The molecule has 3 nitrogen and oxygen atoms in total. The molecule has 0 bridgehead atoms. The summed E-state index contributed by atoms with van der Waals surface area (Å²) in [6.45, 7) is 0.790. The molecule has 0 aliphatic carbocycles. The van der Waals surface area contributed by atoms with Gasteiger partial charge in [-0.25, -0.2) is 0 Å². The molecular weight excluding hydrogens is 195 g/mol. The lowest BCUT2D eigenvalue weighted by molar-refractivity contribution is 0.0874. The molecule has 1 amide bonds. The smallest absolute Gasteiger partial charge is 0.256 e. The average molecular weight is 208 g/mol. The maximum atomic E-state index is 11.8. The van der Waals surface area contributed by atoms with Gasteiger partial charge in [0.1, 0.15) is 0 Å². The van der Waals surface area contributed by atoms with E-state index in [2.05, 4.69) is 9.39 Å². The van der Waals surface area contributed by atoms with Gasteiger partial charge in [0.05, 0.1) is 0 Å². The maximum Gasteiger partial charge on any atom is 0.256 e. The van der Waals surface area contributed by atoms with Crippen LogP contribution in [0.3, 0.4) is 0 Å². The van der Waals surface area contributed by atoms with Gasteiger partial charge in [0.2, 0.25) is 0 Å². The first-order valence-electron chi connectivity index (χ1n) is 4.63. The quantitative estimate of drug-likeness (QED) is 0.518. The van der Waals surface area contributed by atoms with Crippen molar-refractivity contribution in [3.8, 4) is 0 Å². The zero-order valence-electron chi connectivity index (χ0n) is 7.86. The molecule has 1 aliphatic rings. The lowest BCUT2D eigenvalue weighted by Crippen LogP contribution is -2.20.